The minimum Gasteiger partial charge on any atom is -0.670 e. The Morgan fingerprint density at radius 1 is 0.814 bits per heavy atom. The van der Waals surface area contributed by atoms with Crippen LogP contribution in [0.2, 0.25) is 0 Å². The second kappa shape index (κ2) is 19.3. The molecule has 0 saturated carbocycles. The lowest BCUT2D eigenvalue weighted by atomic mass is 9.70. The lowest BCUT2D eigenvalue weighted by Crippen LogP contribution is -2.44. The summed E-state index contributed by atoms with van der Waals surface area (Å²) in [6.45, 7) is -0.251. The van der Waals surface area contributed by atoms with Crippen LogP contribution >= 0.6 is 0 Å². The topological polar surface area (TPSA) is 183 Å². The van der Waals surface area contributed by atoms with Crippen LogP contribution in [0.25, 0.3) is 10.8 Å². The molecule has 1 aromatic heterocycles. The highest BCUT2D eigenvalue weighted by Crippen LogP contribution is 2.40. The number of benzene rings is 5. The molecule has 7 N–H and O–H groups in total. The first-order chi connectivity index (χ1) is 28.5. The van der Waals surface area contributed by atoms with Gasteiger partial charge in [-0.25, -0.2) is 0 Å². The second-order valence-corrected chi connectivity index (χ2v) is 15.2. The van der Waals surface area contributed by atoms with Gasteiger partial charge in [-0.3, -0.25) is 4.79 Å². The number of phenols is 3. The molecule has 310 valence electrons. The Labute approximate surface area is 344 Å². The summed E-state index contributed by atoms with van der Waals surface area (Å²) < 4.78 is 11.2. The Balaban J connectivity index is 1.40. The van der Waals surface area contributed by atoms with Gasteiger partial charge in [-0.15, -0.1) is 0 Å². The van der Waals surface area contributed by atoms with E-state index in [2.05, 4.69) is 10.3 Å². The number of carbonyl (C=O) groups excluding carboxylic acids is 1. The van der Waals surface area contributed by atoms with Gasteiger partial charge < -0.3 is 50.4 Å². The first-order valence-electron chi connectivity index (χ1n) is 19.7. The lowest BCUT2D eigenvalue weighted by molar-refractivity contribution is -0.129. The molecule has 0 radical (unpaired) electrons. The van der Waals surface area contributed by atoms with Crippen LogP contribution in [0.1, 0.15) is 50.9 Å². The van der Waals surface area contributed by atoms with Crippen molar-refractivity contribution in [1.29, 1.82) is 0 Å². The van der Waals surface area contributed by atoms with Crippen molar-refractivity contribution < 1.29 is 44.9 Å². The van der Waals surface area contributed by atoms with E-state index < -0.39 is 29.8 Å². The molecule has 11 heteroatoms. The van der Waals surface area contributed by atoms with Gasteiger partial charge in [-0.2, -0.15) is 12.4 Å². The van der Waals surface area contributed by atoms with Gasteiger partial charge in [0.1, 0.15) is 11.5 Å². The van der Waals surface area contributed by atoms with Crippen molar-refractivity contribution in [2.45, 2.75) is 56.6 Å². The number of Topliss-reactive ketones (excluding diaryl/α,β-unsaturated/α-hetero) is 1. The molecule has 0 bridgehead atoms. The zero-order valence-electron chi connectivity index (χ0n) is 33.7. The molecule has 6 rings (SSSR count). The molecule has 0 amide bonds. The predicted molar refractivity (Wildman–Crippen MR) is 226 cm³/mol. The highest BCUT2D eigenvalue weighted by atomic mass is 16.5. The van der Waals surface area contributed by atoms with E-state index in [1.54, 1.807) is 49.8 Å². The van der Waals surface area contributed by atoms with Crippen LogP contribution in [0.5, 0.6) is 28.7 Å². The van der Waals surface area contributed by atoms with E-state index in [0.717, 1.165) is 38.6 Å². The number of nitrogens with zero attached hydrogens (tertiary/aromatic N) is 1. The number of hydrogen-bond donors (Lipinski definition) is 7. The van der Waals surface area contributed by atoms with Crippen molar-refractivity contribution in [3.8, 4) is 28.7 Å². The molecule has 6 aromatic rings. The lowest BCUT2D eigenvalue weighted by Gasteiger charge is -2.34. The summed E-state index contributed by atoms with van der Waals surface area (Å²) in [6.07, 6.45) is 3.34. The van der Waals surface area contributed by atoms with E-state index in [4.69, 9.17) is 9.47 Å². The number of rotatable bonds is 20. The highest BCUT2D eigenvalue weighted by molar-refractivity contribution is 5.91. The minimum absolute atomic E-state index is 0.00768. The standard InChI is InChI=1S/C48H53N2O9/c1-49-27-32-19-38(24-39(53)20-32)48(29-52,26-30-10-12-41(54)44(21-30)58-2)45(57)25-43(56)37(18-31-14-16-50-28-31)22-35-11-13-42(55)47(59-3)40(35)23-36-9-5-7-33-6-4-8-34(15-17-51)46(33)36/h4-14,16,19-21,24,28,37,43,49,51-56H,15,17-18,22-23,25-27,29H2,1-3H3/q-1. The van der Waals surface area contributed by atoms with Crippen molar-refractivity contribution >= 4 is 16.6 Å². The molecular weight excluding hydrogens is 749 g/mol. The molecule has 3 atom stereocenters. The summed E-state index contributed by atoms with van der Waals surface area (Å²) in [7, 11) is 4.69. The number of methoxy groups -OCH3 is 2. The van der Waals surface area contributed by atoms with E-state index in [-0.39, 0.29) is 42.4 Å². The number of phenolic OH excluding ortho intramolecular Hbond substituents is 3. The van der Waals surface area contributed by atoms with Gasteiger partial charge in [-0.05, 0) is 113 Å². The van der Waals surface area contributed by atoms with Crippen molar-refractivity contribution in [1.82, 2.24) is 10.3 Å². The minimum atomic E-state index is -1.61. The zero-order chi connectivity index (χ0) is 42.1. The van der Waals surface area contributed by atoms with E-state index in [9.17, 15) is 35.4 Å². The van der Waals surface area contributed by atoms with Crippen LogP contribution in [0.4, 0.5) is 0 Å². The number of nitrogens with one attached hydrogen (secondary N) is 1. The van der Waals surface area contributed by atoms with Gasteiger partial charge in [0.25, 0.3) is 0 Å². The summed E-state index contributed by atoms with van der Waals surface area (Å²) in [5, 5.41) is 70.8. The first-order valence-corrected chi connectivity index (χ1v) is 19.7. The van der Waals surface area contributed by atoms with Crippen LogP contribution in [-0.2, 0) is 48.9 Å². The van der Waals surface area contributed by atoms with Gasteiger partial charge in [0, 0.05) is 31.6 Å². The number of ether oxygens (including phenoxy) is 2. The number of aliphatic hydroxyl groups is 3. The number of ketones is 1. The molecule has 0 fully saturated rings. The number of aliphatic hydroxyl groups excluding tert-OH is 3. The van der Waals surface area contributed by atoms with Crippen LogP contribution in [-0.4, -0.2) is 77.0 Å². The molecule has 1 heterocycles. The van der Waals surface area contributed by atoms with Crippen LogP contribution in [0.3, 0.4) is 0 Å². The van der Waals surface area contributed by atoms with Gasteiger partial charge >= 0.3 is 0 Å². The number of aromatic nitrogens is 1. The third kappa shape index (κ3) is 9.56. The first kappa shape index (κ1) is 42.7. The Hall–Kier alpha value is -5.85. The number of aromatic hydroxyl groups is 3. The van der Waals surface area contributed by atoms with Crippen molar-refractivity contribution in [2.24, 2.45) is 5.92 Å². The molecule has 0 aliphatic rings. The monoisotopic (exact) mass is 801 g/mol. The van der Waals surface area contributed by atoms with E-state index >= 15 is 0 Å². The Morgan fingerprint density at radius 3 is 2.25 bits per heavy atom. The average molecular weight is 802 g/mol. The molecule has 11 nitrogen and oxygen atoms in total. The normalized spacial score (nSPS) is 13.5. The number of carbonyl (C=O) groups is 1. The molecule has 0 aliphatic carbocycles. The number of fused-ring (bicyclic) bond motifs is 1. The summed E-state index contributed by atoms with van der Waals surface area (Å²) in [4.78, 5) is 19.2. The average Bonchev–Trinajstić information content (AvgIpc) is 3.74. The Kier molecular flexibility index (Phi) is 14.0. The molecule has 0 aliphatic heterocycles. The third-order valence-electron chi connectivity index (χ3n) is 11.4. The number of hydrogen-bond acceptors (Lipinski definition) is 10. The summed E-state index contributed by atoms with van der Waals surface area (Å²) in [5.41, 5.74) is 4.44. The summed E-state index contributed by atoms with van der Waals surface area (Å²) >= 11 is 0. The maximum atomic E-state index is 15.0. The van der Waals surface area contributed by atoms with Crippen molar-refractivity contribution in [3.63, 3.8) is 0 Å². The van der Waals surface area contributed by atoms with Crippen molar-refractivity contribution in [2.75, 3.05) is 34.5 Å². The molecule has 5 aromatic carbocycles. The predicted octanol–water partition coefficient (Wildman–Crippen LogP) is 5.67. The molecule has 3 unspecified atom stereocenters. The smallest absolute Gasteiger partial charge is 0.164 e. The zero-order valence-corrected chi connectivity index (χ0v) is 33.7. The van der Waals surface area contributed by atoms with Crippen molar-refractivity contribution in [3.05, 3.63) is 148 Å². The molecule has 59 heavy (non-hydrogen) atoms. The molecule has 0 spiro atoms. The van der Waals surface area contributed by atoms with Crippen LogP contribution in [0, 0.1) is 5.92 Å². The molecular formula is C48H53N2O9-. The fourth-order valence-electron chi connectivity index (χ4n) is 8.39. The van der Waals surface area contributed by atoms with Gasteiger partial charge in [0.15, 0.2) is 23.0 Å². The van der Waals surface area contributed by atoms with Crippen LogP contribution in [0.15, 0.2) is 103 Å². The van der Waals surface area contributed by atoms with Gasteiger partial charge in [-0.1, -0.05) is 66.2 Å². The maximum Gasteiger partial charge on any atom is 0.164 e. The van der Waals surface area contributed by atoms with E-state index in [1.807, 2.05) is 48.5 Å². The summed E-state index contributed by atoms with van der Waals surface area (Å²) in [6, 6.07) is 26.8. The van der Waals surface area contributed by atoms with E-state index in [0.29, 0.717) is 54.7 Å². The van der Waals surface area contributed by atoms with Crippen LogP contribution < -0.4 is 19.8 Å². The quantitative estimate of drug-likeness (QED) is 0.0505. The van der Waals surface area contributed by atoms with Gasteiger partial charge in [0.2, 0.25) is 0 Å². The third-order valence-corrected chi connectivity index (χ3v) is 11.4. The second-order valence-electron chi connectivity index (χ2n) is 15.2. The summed E-state index contributed by atoms with van der Waals surface area (Å²) in [5.74, 6) is -0.662. The highest BCUT2D eigenvalue weighted by Gasteiger charge is 2.42. The van der Waals surface area contributed by atoms with Gasteiger partial charge in [0.05, 0.1) is 32.3 Å². The Bertz CT molecular complexity index is 2350. The van der Waals surface area contributed by atoms with E-state index in [1.165, 1.54) is 26.4 Å². The SMILES string of the molecule is CNCc1cc(O)cc(C(CO)(Cc2ccc(O)c(OC)c2)C(=O)CC(O)C(Cc2cc[n-]c2)Cc2ccc(O)c(OC)c2Cc2cccc3cccc(CCO)c23)c1. The largest absolute Gasteiger partial charge is 0.670 e. The molecule has 0 saturated heterocycles. The fourth-order valence-corrected chi connectivity index (χ4v) is 8.39. The maximum absolute atomic E-state index is 15.0. The fraction of sp³-hybridized carbons (Fsp3) is 0.312. The Morgan fingerprint density at radius 2 is 1.58 bits per heavy atom.